The second-order valence-electron chi connectivity index (χ2n) is 12.1. The largest absolute Gasteiger partial charge is 0.389 e. The number of hydrogen-bond donors (Lipinski definition) is 1. The Kier molecular flexibility index (Phi) is 5.80. The molecule has 4 rings (SSSR count). The SMILES string of the molecule is CC(C)CCC[C@@H](C)[C@H]1CC[C@H]2[C@@H]3CC=C4[C@H](O)CCC[C@]4(C)[C@H]3CC[C@]12C. The molecule has 0 unspecified atom stereocenters. The van der Waals surface area contributed by atoms with Crippen LogP contribution in [0.1, 0.15) is 105 Å². The van der Waals surface area contributed by atoms with Gasteiger partial charge in [0, 0.05) is 0 Å². The van der Waals surface area contributed by atoms with Crippen molar-refractivity contribution in [1.29, 1.82) is 0 Å². The third-order valence-corrected chi connectivity index (χ3v) is 10.3. The number of allylic oxidation sites excluding steroid dienone is 1. The molecule has 0 aromatic rings. The molecule has 1 nitrogen and oxygen atoms in total. The molecule has 0 spiro atoms. The van der Waals surface area contributed by atoms with Gasteiger partial charge in [0.1, 0.15) is 0 Å². The summed E-state index contributed by atoms with van der Waals surface area (Å²) in [5.74, 6) is 5.33. The van der Waals surface area contributed by atoms with Crippen molar-refractivity contribution in [3.8, 4) is 0 Å². The molecule has 4 aliphatic rings. The highest BCUT2D eigenvalue weighted by Crippen LogP contribution is 2.67. The zero-order chi connectivity index (χ0) is 20.1. The lowest BCUT2D eigenvalue weighted by atomic mass is 9.47. The molecule has 4 aliphatic carbocycles. The topological polar surface area (TPSA) is 20.2 Å². The molecule has 0 aromatic carbocycles. The molecule has 0 radical (unpaired) electrons. The first-order chi connectivity index (χ1) is 13.3. The van der Waals surface area contributed by atoms with Gasteiger partial charge in [0.05, 0.1) is 6.10 Å². The van der Waals surface area contributed by atoms with Crippen molar-refractivity contribution in [2.45, 2.75) is 111 Å². The Morgan fingerprint density at radius 2 is 1.79 bits per heavy atom. The Hall–Kier alpha value is -0.300. The van der Waals surface area contributed by atoms with Crippen molar-refractivity contribution in [2.75, 3.05) is 0 Å². The van der Waals surface area contributed by atoms with Crippen molar-refractivity contribution >= 4 is 0 Å². The molecule has 0 bridgehead atoms. The predicted octanol–water partition coefficient (Wildman–Crippen LogP) is 7.39. The maximum absolute atomic E-state index is 10.7. The van der Waals surface area contributed by atoms with E-state index in [0.29, 0.717) is 10.8 Å². The maximum Gasteiger partial charge on any atom is 0.0755 e. The summed E-state index contributed by atoms with van der Waals surface area (Å²) in [6.45, 7) is 12.5. The van der Waals surface area contributed by atoms with Crippen LogP contribution in [0.5, 0.6) is 0 Å². The molecule has 1 heteroatoms. The molecular weight excluding hydrogens is 340 g/mol. The van der Waals surface area contributed by atoms with E-state index in [-0.39, 0.29) is 6.10 Å². The number of rotatable bonds is 5. The molecule has 160 valence electrons. The van der Waals surface area contributed by atoms with Gasteiger partial charge in [-0.25, -0.2) is 0 Å². The van der Waals surface area contributed by atoms with Crippen LogP contribution in [0.2, 0.25) is 0 Å². The van der Waals surface area contributed by atoms with Gasteiger partial charge in [0.15, 0.2) is 0 Å². The molecule has 1 N–H and O–H groups in total. The fourth-order valence-electron chi connectivity index (χ4n) is 8.81. The van der Waals surface area contributed by atoms with Gasteiger partial charge in [-0.15, -0.1) is 0 Å². The van der Waals surface area contributed by atoms with E-state index < -0.39 is 0 Å². The van der Waals surface area contributed by atoms with Crippen LogP contribution in [0, 0.1) is 46.3 Å². The van der Waals surface area contributed by atoms with E-state index in [1.165, 1.54) is 69.8 Å². The van der Waals surface area contributed by atoms with Gasteiger partial charge in [-0.1, -0.05) is 60.0 Å². The highest BCUT2D eigenvalue weighted by atomic mass is 16.3. The van der Waals surface area contributed by atoms with Crippen LogP contribution in [-0.4, -0.2) is 11.2 Å². The highest BCUT2D eigenvalue weighted by molar-refractivity contribution is 5.27. The lowest BCUT2D eigenvalue weighted by molar-refractivity contribution is -0.0590. The Bertz CT molecular complexity index is 591. The van der Waals surface area contributed by atoms with Crippen LogP contribution < -0.4 is 0 Å². The molecule has 0 aromatic heterocycles. The Balaban J connectivity index is 1.50. The minimum Gasteiger partial charge on any atom is -0.389 e. The lowest BCUT2D eigenvalue weighted by Crippen LogP contribution is -2.51. The van der Waals surface area contributed by atoms with Crippen molar-refractivity contribution in [2.24, 2.45) is 46.3 Å². The molecule has 0 saturated heterocycles. The lowest BCUT2D eigenvalue weighted by Gasteiger charge is -2.58. The molecule has 3 fully saturated rings. The van der Waals surface area contributed by atoms with Gasteiger partial charge in [0.25, 0.3) is 0 Å². The third kappa shape index (κ3) is 3.32. The van der Waals surface area contributed by atoms with Crippen LogP contribution in [0.4, 0.5) is 0 Å². The number of fused-ring (bicyclic) bond motifs is 5. The van der Waals surface area contributed by atoms with Crippen LogP contribution in [0.15, 0.2) is 11.6 Å². The first-order valence-electron chi connectivity index (χ1n) is 12.7. The molecule has 0 aliphatic heterocycles. The first kappa shape index (κ1) is 21.0. The monoisotopic (exact) mass is 386 g/mol. The van der Waals surface area contributed by atoms with Gasteiger partial charge in [-0.2, -0.15) is 0 Å². The van der Waals surface area contributed by atoms with Crippen molar-refractivity contribution in [3.05, 3.63) is 11.6 Å². The van der Waals surface area contributed by atoms with Crippen LogP contribution in [-0.2, 0) is 0 Å². The Labute approximate surface area is 174 Å². The average Bonchev–Trinajstić information content (AvgIpc) is 2.98. The van der Waals surface area contributed by atoms with Gasteiger partial charge in [-0.05, 0) is 103 Å². The highest BCUT2D eigenvalue weighted by Gasteiger charge is 2.59. The summed E-state index contributed by atoms with van der Waals surface area (Å²) < 4.78 is 0. The van der Waals surface area contributed by atoms with Crippen molar-refractivity contribution in [1.82, 2.24) is 0 Å². The number of hydrogen-bond acceptors (Lipinski definition) is 1. The van der Waals surface area contributed by atoms with Gasteiger partial charge < -0.3 is 5.11 Å². The predicted molar refractivity (Wildman–Crippen MR) is 119 cm³/mol. The van der Waals surface area contributed by atoms with E-state index in [1.807, 2.05) is 0 Å². The van der Waals surface area contributed by atoms with Gasteiger partial charge in [-0.3, -0.25) is 0 Å². The molecule has 0 amide bonds. The first-order valence-corrected chi connectivity index (χ1v) is 12.7. The zero-order valence-electron chi connectivity index (χ0n) is 19.3. The molecular formula is C27H46O. The van der Waals surface area contributed by atoms with E-state index in [4.69, 9.17) is 0 Å². The fraction of sp³-hybridized carbons (Fsp3) is 0.926. The molecule has 28 heavy (non-hydrogen) atoms. The third-order valence-electron chi connectivity index (χ3n) is 10.3. The number of aliphatic hydroxyl groups excluding tert-OH is 1. The summed E-state index contributed by atoms with van der Waals surface area (Å²) in [4.78, 5) is 0. The van der Waals surface area contributed by atoms with Crippen molar-refractivity contribution in [3.63, 3.8) is 0 Å². The van der Waals surface area contributed by atoms with E-state index in [9.17, 15) is 5.11 Å². The van der Waals surface area contributed by atoms with E-state index >= 15 is 0 Å². The van der Waals surface area contributed by atoms with E-state index in [1.54, 1.807) is 0 Å². The molecule has 8 atom stereocenters. The Morgan fingerprint density at radius 3 is 2.54 bits per heavy atom. The van der Waals surface area contributed by atoms with Crippen LogP contribution in [0.25, 0.3) is 0 Å². The smallest absolute Gasteiger partial charge is 0.0755 e. The summed E-state index contributed by atoms with van der Waals surface area (Å²) >= 11 is 0. The second kappa shape index (κ2) is 7.75. The Morgan fingerprint density at radius 1 is 1.00 bits per heavy atom. The minimum atomic E-state index is -0.148. The maximum atomic E-state index is 10.7. The van der Waals surface area contributed by atoms with Gasteiger partial charge >= 0.3 is 0 Å². The summed E-state index contributed by atoms with van der Waals surface area (Å²) in [5.41, 5.74) is 2.30. The molecule has 3 saturated carbocycles. The van der Waals surface area contributed by atoms with Crippen LogP contribution in [0.3, 0.4) is 0 Å². The second-order valence-corrected chi connectivity index (χ2v) is 12.1. The summed E-state index contributed by atoms with van der Waals surface area (Å²) in [7, 11) is 0. The summed E-state index contributed by atoms with van der Waals surface area (Å²) in [6, 6.07) is 0. The van der Waals surface area contributed by atoms with Crippen LogP contribution >= 0.6 is 0 Å². The van der Waals surface area contributed by atoms with E-state index in [0.717, 1.165) is 41.9 Å². The normalized spacial score (nSPS) is 46.5. The quantitative estimate of drug-likeness (QED) is 0.488. The average molecular weight is 387 g/mol. The molecule has 0 heterocycles. The summed E-state index contributed by atoms with van der Waals surface area (Å²) in [6.07, 6.45) is 17.2. The minimum absolute atomic E-state index is 0.148. The zero-order valence-corrected chi connectivity index (χ0v) is 19.3. The fourth-order valence-corrected chi connectivity index (χ4v) is 8.81. The van der Waals surface area contributed by atoms with E-state index in [2.05, 4.69) is 40.7 Å². The standard InChI is InChI=1S/C27H46O/c1-18(2)8-6-9-19(3)21-13-14-22-20-11-12-24-25(28)10-7-16-26(24,4)23(20)15-17-27(21,22)5/h12,18-23,25,28H,6-11,13-17H2,1-5H3/t19-,20+,21-,22+,23+,25-,26-,27-/m1/s1. The number of aliphatic hydroxyl groups is 1. The van der Waals surface area contributed by atoms with Gasteiger partial charge in [0.2, 0.25) is 0 Å². The van der Waals surface area contributed by atoms with Crippen molar-refractivity contribution < 1.29 is 5.11 Å². The summed E-state index contributed by atoms with van der Waals surface area (Å²) in [5, 5.41) is 10.7.